The van der Waals surface area contributed by atoms with Gasteiger partial charge in [0.2, 0.25) is 0 Å². The maximum atomic E-state index is 12.6. The first-order chi connectivity index (χ1) is 10.6. The lowest BCUT2D eigenvalue weighted by atomic mass is 10.1. The average molecular weight is 296 g/mol. The number of benzene rings is 1. The van der Waals surface area contributed by atoms with Crippen molar-refractivity contribution in [1.82, 2.24) is 14.8 Å². The molecule has 0 aliphatic heterocycles. The second kappa shape index (κ2) is 5.67. The second-order valence-electron chi connectivity index (χ2n) is 5.65. The van der Waals surface area contributed by atoms with Crippen molar-refractivity contribution in [2.45, 2.75) is 33.2 Å². The average Bonchev–Trinajstić information content (AvgIpc) is 3.10. The molecule has 0 atom stereocenters. The molecule has 0 saturated carbocycles. The van der Waals surface area contributed by atoms with Crippen molar-refractivity contribution in [2.24, 2.45) is 0 Å². The van der Waals surface area contributed by atoms with Gasteiger partial charge in [-0.25, -0.2) is 0 Å². The molecule has 2 aromatic heterocycles. The Hall–Kier alpha value is -2.56. The minimum absolute atomic E-state index is 0.139. The minimum atomic E-state index is -0.139. The van der Waals surface area contributed by atoms with Gasteiger partial charge in [0, 0.05) is 29.2 Å². The van der Waals surface area contributed by atoms with Gasteiger partial charge in [0.1, 0.15) is 5.69 Å². The standard InChI is InChI=1S/C17H20N4O/c1-4-21-14-8-6-5-7-12(14)9-15(21)17(22)18-16-10-13(11(2)3)19-20-16/h5-11H,4H2,1-3H3,(H2,18,19,20,22). The third-order valence-corrected chi connectivity index (χ3v) is 3.82. The molecule has 0 aliphatic carbocycles. The second-order valence-corrected chi connectivity index (χ2v) is 5.65. The van der Waals surface area contributed by atoms with Crippen molar-refractivity contribution in [1.29, 1.82) is 0 Å². The number of para-hydroxylation sites is 1. The van der Waals surface area contributed by atoms with Crippen LogP contribution in [-0.2, 0) is 6.54 Å². The molecular weight excluding hydrogens is 276 g/mol. The highest BCUT2D eigenvalue weighted by Gasteiger charge is 2.16. The van der Waals surface area contributed by atoms with Crippen molar-refractivity contribution < 1.29 is 4.79 Å². The van der Waals surface area contributed by atoms with E-state index >= 15 is 0 Å². The number of hydrogen-bond acceptors (Lipinski definition) is 2. The van der Waals surface area contributed by atoms with Gasteiger partial charge in [-0.05, 0) is 25.0 Å². The van der Waals surface area contributed by atoms with Gasteiger partial charge in [-0.1, -0.05) is 32.0 Å². The summed E-state index contributed by atoms with van der Waals surface area (Å²) in [5.74, 6) is 0.765. The van der Waals surface area contributed by atoms with Crippen molar-refractivity contribution in [3.8, 4) is 0 Å². The van der Waals surface area contributed by atoms with Crippen LogP contribution in [0, 0.1) is 0 Å². The van der Waals surface area contributed by atoms with Crippen LogP contribution in [0.2, 0.25) is 0 Å². The number of rotatable bonds is 4. The molecule has 2 N–H and O–H groups in total. The van der Waals surface area contributed by atoms with Gasteiger partial charge in [-0.2, -0.15) is 5.10 Å². The Labute approximate surface area is 129 Å². The number of aromatic nitrogens is 3. The molecule has 3 rings (SSSR count). The third-order valence-electron chi connectivity index (χ3n) is 3.82. The smallest absolute Gasteiger partial charge is 0.273 e. The van der Waals surface area contributed by atoms with E-state index in [0.717, 1.165) is 23.1 Å². The number of amides is 1. The van der Waals surface area contributed by atoms with E-state index in [1.54, 1.807) is 0 Å². The number of aromatic amines is 1. The quantitative estimate of drug-likeness (QED) is 0.770. The van der Waals surface area contributed by atoms with Crippen LogP contribution < -0.4 is 5.32 Å². The van der Waals surface area contributed by atoms with Gasteiger partial charge in [-0.15, -0.1) is 0 Å². The van der Waals surface area contributed by atoms with E-state index in [2.05, 4.69) is 29.4 Å². The van der Waals surface area contributed by atoms with Gasteiger partial charge < -0.3 is 9.88 Å². The first-order valence-corrected chi connectivity index (χ1v) is 7.55. The molecule has 0 fully saturated rings. The van der Waals surface area contributed by atoms with Crippen LogP contribution in [0.25, 0.3) is 10.9 Å². The highest BCUT2D eigenvalue weighted by Crippen LogP contribution is 2.21. The molecule has 0 aliphatic rings. The fourth-order valence-corrected chi connectivity index (χ4v) is 2.62. The van der Waals surface area contributed by atoms with E-state index in [1.807, 2.05) is 47.9 Å². The van der Waals surface area contributed by atoms with Crippen molar-refractivity contribution in [3.63, 3.8) is 0 Å². The van der Waals surface area contributed by atoms with Crippen LogP contribution in [0.15, 0.2) is 36.4 Å². The molecule has 0 radical (unpaired) electrons. The third kappa shape index (κ3) is 2.50. The zero-order valence-electron chi connectivity index (χ0n) is 13.1. The van der Waals surface area contributed by atoms with Crippen molar-refractivity contribution in [3.05, 3.63) is 47.8 Å². The largest absolute Gasteiger partial charge is 0.337 e. The molecule has 1 amide bonds. The van der Waals surface area contributed by atoms with Gasteiger partial charge in [0.15, 0.2) is 5.82 Å². The fourth-order valence-electron chi connectivity index (χ4n) is 2.62. The SMILES string of the molecule is CCn1c(C(=O)Nc2cc(C(C)C)[nH]n2)cc2ccccc21. The summed E-state index contributed by atoms with van der Waals surface area (Å²) in [6, 6.07) is 11.8. The first kappa shape index (κ1) is 14.4. The molecule has 5 nitrogen and oxygen atoms in total. The Balaban J connectivity index is 1.91. The van der Waals surface area contributed by atoms with Crippen LogP contribution in [0.1, 0.15) is 42.9 Å². The van der Waals surface area contributed by atoms with Crippen molar-refractivity contribution >= 4 is 22.6 Å². The number of nitrogens with zero attached hydrogens (tertiary/aromatic N) is 2. The normalized spacial score (nSPS) is 11.3. The number of fused-ring (bicyclic) bond motifs is 1. The van der Waals surface area contributed by atoms with Crippen LogP contribution in [-0.4, -0.2) is 20.7 Å². The Morgan fingerprint density at radius 3 is 2.77 bits per heavy atom. The van der Waals surface area contributed by atoms with E-state index in [4.69, 9.17) is 0 Å². The number of H-pyrrole nitrogens is 1. The van der Waals surface area contributed by atoms with E-state index in [1.165, 1.54) is 0 Å². The molecule has 0 bridgehead atoms. The Morgan fingerprint density at radius 2 is 2.09 bits per heavy atom. The van der Waals surface area contributed by atoms with Crippen LogP contribution in [0.4, 0.5) is 5.82 Å². The molecular formula is C17H20N4O. The zero-order valence-corrected chi connectivity index (χ0v) is 13.1. The molecule has 0 unspecified atom stereocenters. The molecule has 1 aromatic carbocycles. The highest BCUT2D eigenvalue weighted by atomic mass is 16.2. The number of carbonyl (C=O) groups excluding carboxylic acids is 1. The topological polar surface area (TPSA) is 62.7 Å². The summed E-state index contributed by atoms with van der Waals surface area (Å²) in [5.41, 5.74) is 2.73. The van der Waals surface area contributed by atoms with Crippen LogP contribution in [0.5, 0.6) is 0 Å². The molecule has 0 spiro atoms. The number of nitrogens with one attached hydrogen (secondary N) is 2. The predicted molar refractivity (Wildman–Crippen MR) is 88.2 cm³/mol. The van der Waals surface area contributed by atoms with E-state index in [-0.39, 0.29) is 5.91 Å². The highest BCUT2D eigenvalue weighted by molar-refractivity contribution is 6.06. The summed E-state index contributed by atoms with van der Waals surface area (Å²) in [5, 5.41) is 11.0. The lowest BCUT2D eigenvalue weighted by Crippen LogP contribution is -2.16. The molecule has 114 valence electrons. The minimum Gasteiger partial charge on any atom is -0.337 e. The predicted octanol–water partition coefficient (Wildman–Crippen LogP) is 3.76. The molecule has 5 heteroatoms. The van der Waals surface area contributed by atoms with Crippen LogP contribution in [0.3, 0.4) is 0 Å². The van der Waals surface area contributed by atoms with Gasteiger partial charge in [-0.3, -0.25) is 9.89 Å². The summed E-state index contributed by atoms with van der Waals surface area (Å²) in [4.78, 5) is 12.6. The number of hydrogen-bond donors (Lipinski definition) is 2. The lowest BCUT2D eigenvalue weighted by molar-refractivity contribution is 0.101. The summed E-state index contributed by atoms with van der Waals surface area (Å²) in [7, 11) is 0. The monoisotopic (exact) mass is 296 g/mol. The van der Waals surface area contributed by atoms with E-state index in [0.29, 0.717) is 17.4 Å². The molecule has 2 heterocycles. The van der Waals surface area contributed by atoms with Crippen molar-refractivity contribution in [2.75, 3.05) is 5.32 Å². The molecule has 3 aromatic rings. The van der Waals surface area contributed by atoms with Gasteiger partial charge in [0.05, 0.1) is 0 Å². The number of carbonyl (C=O) groups is 1. The Bertz CT molecular complexity index is 813. The maximum Gasteiger partial charge on any atom is 0.273 e. The summed E-state index contributed by atoms with van der Waals surface area (Å²) < 4.78 is 2.01. The van der Waals surface area contributed by atoms with Crippen LogP contribution >= 0.6 is 0 Å². The summed E-state index contributed by atoms with van der Waals surface area (Å²) in [6.45, 7) is 6.94. The molecule has 22 heavy (non-hydrogen) atoms. The number of aryl methyl sites for hydroxylation is 1. The Kier molecular flexibility index (Phi) is 3.71. The molecule has 0 saturated heterocycles. The van der Waals surface area contributed by atoms with E-state index in [9.17, 15) is 4.79 Å². The van der Waals surface area contributed by atoms with Gasteiger partial charge >= 0.3 is 0 Å². The lowest BCUT2D eigenvalue weighted by Gasteiger charge is -2.07. The van der Waals surface area contributed by atoms with Gasteiger partial charge in [0.25, 0.3) is 5.91 Å². The fraction of sp³-hybridized carbons (Fsp3) is 0.294. The first-order valence-electron chi connectivity index (χ1n) is 7.55. The maximum absolute atomic E-state index is 12.6. The zero-order chi connectivity index (χ0) is 15.7. The Morgan fingerprint density at radius 1 is 1.32 bits per heavy atom. The summed E-state index contributed by atoms with van der Waals surface area (Å²) >= 11 is 0. The van der Waals surface area contributed by atoms with E-state index < -0.39 is 0 Å². The summed E-state index contributed by atoms with van der Waals surface area (Å²) in [6.07, 6.45) is 0. The number of anilines is 1.